The quantitative estimate of drug-likeness (QED) is 0.504. The van der Waals surface area contributed by atoms with E-state index in [1.807, 2.05) is 0 Å². The molecule has 0 aliphatic heterocycles. The number of halogens is 1. The van der Waals surface area contributed by atoms with E-state index in [0.29, 0.717) is 22.2 Å². The summed E-state index contributed by atoms with van der Waals surface area (Å²) in [5.41, 5.74) is 3.84. The molecule has 1 aromatic heterocycles. The van der Waals surface area contributed by atoms with Crippen LogP contribution in [-0.4, -0.2) is 29.0 Å². The number of fused-ring (bicyclic) bond motifs is 1. The third-order valence-corrected chi connectivity index (χ3v) is 3.41. The number of ether oxygens (including phenoxy) is 1. The van der Waals surface area contributed by atoms with Crippen molar-refractivity contribution in [2.24, 2.45) is 0 Å². The Labute approximate surface area is 135 Å². The van der Waals surface area contributed by atoms with Gasteiger partial charge in [0, 0.05) is 11.1 Å². The van der Waals surface area contributed by atoms with Crippen LogP contribution in [0, 0.1) is 0 Å². The van der Waals surface area contributed by atoms with Gasteiger partial charge in [-0.15, -0.1) is 4.48 Å². The van der Waals surface area contributed by atoms with Crippen LogP contribution in [0.2, 0.25) is 0 Å². The first-order chi connectivity index (χ1) is 11.6. The lowest BCUT2D eigenvalue weighted by Crippen LogP contribution is -2.11. The van der Waals surface area contributed by atoms with Crippen LogP contribution in [0.5, 0.6) is 0 Å². The van der Waals surface area contributed by atoms with E-state index in [1.165, 1.54) is 36.9 Å². The van der Waals surface area contributed by atoms with Crippen LogP contribution in [0.1, 0.15) is 15.9 Å². The van der Waals surface area contributed by atoms with Crippen molar-refractivity contribution < 1.29 is 18.8 Å². The van der Waals surface area contributed by atoms with Crippen LogP contribution in [0.15, 0.2) is 42.5 Å². The minimum atomic E-state index is -0.646. The first-order valence-electron chi connectivity index (χ1n) is 6.97. The summed E-state index contributed by atoms with van der Waals surface area (Å²) in [6.45, 7) is 0. The molecule has 0 radical (unpaired) electrons. The normalized spacial score (nSPS) is 10.4. The summed E-state index contributed by atoms with van der Waals surface area (Å²) in [7, 11) is 1.25. The van der Waals surface area contributed by atoms with Gasteiger partial charge in [-0.05, 0) is 42.5 Å². The maximum atomic E-state index is 12.5. The van der Waals surface area contributed by atoms with E-state index in [2.05, 4.69) is 20.0 Å². The molecule has 0 saturated heterocycles. The summed E-state index contributed by atoms with van der Waals surface area (Å²) in [6.07, 6.45) is -0.646. The van der Waals surface area contributed by atoms with Crippen molar-refractivity contribution in [3.63, 3.8) is 0 Å². The summed E-state index contributed by atoms with van der Waals surface area (Å²) in [6, 6.07) is 10.9. The number of aromatic nitrogens is 2. The second kappa shape index (κ2) is 6.37. The number of nitrogens with zero attached hydrogens (tertiary/aromatic N) is 1. The summed E-state index contributed by atoms with van der Waals surface area (Å²) in [4.78, 5) is 30.7. The number of hydrogen-bond donors (Lipinski definition) is 3. The minimum Gasteiger partial charge on any atom is -0.453 e. The fourth-order valence-electron chi connectivity index (χ4n) is 2.21. The van der Waals surface area contributed by atoms with Gasteiger partial charge in [-0.25, -0.2) is 15.3 Å². The molecule has 3 N–H and O–H groups in total. The van der Waals surface area contributed by atoms with Gasteiger partial charge >= 0.3 is 6.09 Å². The van der Waals surface area contributed by atoms with Gasteiger partial charge in [0.1, 0.15) is 0 Å². The van der Waals surface area contributed by atoms with Crippen LogP contribution < -0.4 is 10.9 Å². The zero-order valence-corrected chi connectivity index (χ0v) is 12.6. The Hall–Kier alpha value is -3.42. The zero-order valence-electron chi connectivity index (χ0n) is 12.6. The number of carbonyl (C=O) groups is 2. The Morgan fingerprint density at radius 3 is 2.50 bits per heavy atom. The molecule has 3 aromatic rings. The van der Waals surface area contributed by atoms with Gasteiger partial charge in [0.15, 0.2) is 5.78 Å². The summed E-state index contributed by atoms with van der Waals surface area (Å²) >= 11 is 0. The van der Waals surface area contributed by atoms with E-state index < -0.39 is 6.09 Å². The highest BCUT2D eigenvalue weighted by atomic mass is 19.2. The molecule has 0 bridgehead atoms. The molecule has 0 fully saturated rings. The van der Waals surface area contributed by atoms with Gasteiger partial charge in [0.2, 0.25) is 5.95 Å². The van der Waals surface area contributed by atoms with Crippen LogP contribution >= 0.6 is 0 Å². The smallest absolute Gasteiger partial charge is 0.413 e. The standard InChI is InChI=1S/C16H13FN4O3/c1-24-16(23)20-15-18-12-7-4-10(8-13(12)19-15)14(22)9-2-5-11(21-17)6-3-9/h2-8,21H,1H3,(H2,18,19,20,23). The summed E-state index contributed by atoms with van der Waals surface area (Å²) < 4.78 is 16.8. The van der Waals surface area contributed by atoms with Gasteiger partial charge in [-0.2, -0.15) is 0 Å². The molecule has 0 saturated carbocycles. The molecule has 122 valence electrons. The number of aromatic amines is 1. The average molecular weight is 328 g/mol. The van der Waals surface area contributed by atoms with Crippen molar-refractivity contribution in [3.05, 3.63) is 53.6 Å². The van der Waals surface area contributed by atoms with Crippen molar-refractivity contribution in [1.82, 2.24) is 9.97 Å². The zero-order chi connectivity index (χ0) is 17.1. The number of ketones is 1. The topological polar surface area (TPSA) is 96.1 Å². The van der Waals surface area contributed by atoms with E-state index in [9.17, 15) is 14.1 Å². The first kappa shape index (κ1) is 15.5. The Kier molecular flexibility index (Phi) is 4.11. The summed E-state index contributed by atoms with van der Waals surface area (Å²) in [5.74, 6) is 0.0132. The molecule has 0 unspecified atom stereocenters. The lowest BCUT2D eigenvalue weighted by atomic mass is 10.0. The maximum absolute atomic E-state index is 12.5. The van der Waals surface area contributed by atoms with Gasteiger partial charge < -0.3 is 9.72 Å². The lowest BCUT2D eigenvalue weighted by Gasteiger charge is -2.02. The van der Waals surface area contributed by atoms with Crippen molar-refractivity contribution in [2.45, 2.75) is 0 Å². The SMILES string of the molecule is COC(=O)Nc1nc2ccc(C(=O)c3ccc(NF)cc3)cc2[nH]1. The third-order valence-electron chi connectivity index (χ3n) is 3.41. The fraction of sp³-hybridized carbons (Fsp3) is 0.0625. The van der Waals surface area contributed by atoms with Crippen molar-refractivity contribution in [3.8, 4) is 0 Å². The molecule has 1 heterocycles. The van der Waals surface area contributed by atoms with Crippen molar-refractivity contribution >= 4 is 34.5 Å². The van der Waals surface area contributed by atoms with E-state index in [0.717, 1.165) is 0 Å². The Balaban J connectivity index is 1.88. The van der Waals surface area contributed by atoms with Gasteiger partial charge in [0.05, 0.1) is 23.8 Å². The van der Waals surface area contributed by atoms with Gasteiger partial charge in [-0.1, -0.05) is 0 Å². The Morgan fingerprint density at radius 2 is 1.83 bits per heavy atom. The molecule has 0 aliphatic rings. The van der Waals surface area contributed by atoms with Crippen molar-refractivity contribution in [2.75, 3.05) is 18.0 Å². The third kappa shape index (κ3) is 3.02. The average Bonchev–Trinajstić information content (AvgIpc) is 3.02. The predicted molar refractivity (Wildman–Crippen MR) is 86.7 cm³/mol. The molecule has 7 nitrogen and oxygen atoms in total. The molecule has 8 heteroatoms. The molecule has 0 atom stereocenters. The van der Waals surface area contributed by atoms with Crippen LogP contribution in [0.4, 0.5) is 20.9 Å². The molecular formula is C16H13FN4O3. The number of amides is 1. The number of hydrogen-bond acceptors (Lipinski definition) is 5. The molecule has 1 amide bonds. The number of rotatable bonds is 4. The van der Waals surface area contributed by atoms with Crippen LogP contribution in [0.3, 0.4) is 0 Å². The molecule has 24 heavy (non-hydrogen) atoms. The molecule has 0 aliphatic carbocycles. The fourth-order valence-corrected chi connectivity index (χ4v) is 2.21. The number of imidazole rings is 1. The van der Waals surface area contributed by atoms with Gasteiger partial charge in [-0.3, -0.25) is 10.1 Å². The van der Waals surface area contributed by atoms with Crippen LogP contribution in [-0.2, 0) is 4.74 Å². The number of carbonyl (C=O) groups excluding carboxylic acids is 2. The highest BCUT2D eigenvalue weighted by Crippen LogP contribution is 2.19. The second-order valence-corrected chi connectivity index (χ2v) is 4.93. The largest absolute Gasteiger partial charge is 0.453 e. The number of methoxy groups -OCH3 is 1. The van der Waals surface area contributed by atoms with E-state index in [1.54, 1.807) is 18.2 Å². The van der Waals surface area contributed by atoms with E-state index >= 15 is 0 Å². The molecule has 2 aromatic carbocycles. The van der Waals surface area contributed by atoms with E-state index in [-0.39, 0.29) is 17.4 Å². The Bertz CT molecular complexity index is 905. The number of anilines is 2. The maximum Gasteiger partial charge on any atom is 0.413 e. The Morgan fingerprint density at radius 1 is 1.12 bits per heavy atom. The lowest BCUT2D eigenvalue weighted by molar-refractivity contribution is 0.103. The predicted octanol–water partition coefficient (Wildman–Crippen LogP) is 3.27. The first-order valence-corrected chi connectivity index (χ1v) is 6.97. The van der Waals surface area contributed by atoms with Crippen LogP contribution in [0.25, 0.3) is 11.0 Å². The number of benzene rings is 2. The second-order valence-electron chi connectivity index (χ2n) is 4.93. The monoisotopic (exact) mass is 328 g/mol. The highest BCUT2D eigenvalue weighted by molar-refractivity contribution is 6.10. The summed E-state index contributed by atoms with van der Waals surface area (Å²) in [5, 5.41) is 2.42. The minimum absolute atomic E-state index is 0.209. The highest BCUT2D eigenvalue weighted by Gasteiger charge is 2.12. The van der Waals surface area contributed by atoms with Gasteiger partial charge in [0.25, 0.3) is 0 Å². The molecular weight excluding hydrogens is 315 g/mol. The number of nitrogens with one attached hydrogen (secondary N) is 3. The molecule has 0 spiro atoms. The number of H-pyrrole nitrogens is 1. The van der Waals surface area contributed by atoms with E-state index in [4.69, 9.17) is 0 Å². The molecule has 3 rings (SSSR count). The van der Waals surface area contributed by atoms with Crippen molar-refractivity contribution in [1.29, 1.82) is 0 Å².